The molecule has 0 aromatic carbocycles. The van der Waals surface area contributed by atoms with Crippen molar-refractivity contribution in [3.05, 3.63) is 23.7 Å². The first-order valence-corrected chi connectivity index (χ1v) is 6.13. The number of ether oxygens (including phenoxy) is 1. The highest BCUT2D eigenvalue weighted by Gasteiger charge is 2.33. The highest BCUT2D eigenvalue weighted by molar-refractivity contribution is 5.12. The van der Waals surface area contributed by atoms with E-state index < -0.39 is 0 Å². The molecule has 0 amide bonds. The molecule has 2 rings (SSSR count). The number of aryl methyl sites for hydroxylation is 1. The molecule has 3 unspecified atom stereocenters. The lowest BCUT2D eigenvalue weighted by Gasteiger charge is -2.23. The normalized spacial score (nSPS) is 27.2. The van der Waals surface area contributed by atoms with Crippen LogP contribution in [-0.4, -0.2) is 19.8 Å². The van der Waals surface area contributed by atoms with E-state index in [0.29, 0.717) is 12.0 Å². The van der Waals surface area contributed by atoms with E-state index >= 15 is 0 Å². The van der Waals surface area contributed by atoms with Gasteiger partial charge in [0.15, 0.2) is 0 Å². The minimum Gasteiger partial charge on any atom is -0.464 e. The molecule has 1 saturated heterocycles. The van der Waals surface area contributed by atoms with Crippen molar-refractivity contribution in [1.82, 2.24) is 5.32 Å². The fraction of sp³-hybridized carbons (Fsp3) is 0.692. The Bertz CT molecular complexity index is 334. The summed E-state index contributed by atoms with van der Waals surface area (Å²) in [5.41, 5.74) is 0. The molecule has 3 atom stereocenters. The summed E-state index contributed by atoms with van der Waals surface area (Å²) >= 11 is 0. The van der Waals surface area contributed by atoms with E-state index in [1.54, 1.807) is 0 Å². The van der Waals surface area contributed by atoms with Crippen LogP contribution in [0.3, 0.4) is 0 Å². The van der Waals surface area contributed by atoms with Gasteiger partial charge in [-0.1, -0.05) is 6.92 Å². The van der Waals surface area contributed by atoms with Gasteiger partial charge >= 0.3 is 0 Å². The van der Waals surface area contributed by atoms with Crippen LogP contribution in [0.15, 0.2) is 16.5 Å². The van der Waals surface area contributed by atoms with Crippen LogP contribution in [0.5, 0.6) is 0 Å². The molecule has 0 radical (unpaired) electrons. The van der Waals surface area contributed by atoms with E-state index in [1.807, 2.05) is 7.05 Å². The molecule has 1 aromatic rings. The molecule has 1 N–H and O–H groups in total. The Morgan fingerprint density at radius 1 is 1.50 bits per heavy atom. The summed E-state index contributed by atoms with van der Waals surface area (Å²) in [7, 11) is 1.99. The first kappa shape index (κ1) is 11.7. The van der Waals surface area contributed by atoms with Gasteiger partial charge in [-0.2, -0.15) is 0 Å². The summed E-state index contributed by atoms with van der Waals surface area (Å²) < 4.78 is 11.4. The monoisotopic (exact) mass is 223 g/mol. The van der Waals surface area contributed by atoms with Crippen molar-refractivity contribution in [2.45, 2.75) is 38.8 Å². The molecular weight excluding hydrogens is 202 g/mol. The van der Waals surface area contributed by atoms with Crippen molar-refractivity contribution in [3.63, 3.8) is 0 Å². The van der Waals surface area contributed by atoms with Crippen LogP contribution >= 0.6 is 0 Å². The molecular formula is C13H21NO2. The molecule has 16 heavy (non-hydrogen) atoms. The highest BCUT2D eigenvalue weighted by atomic mass is 16.5. The predicted octanol–water partition coefficient (Wildman–Crippen LogP) is 2.53. The third-order valence-electron chi connectivity index (χ3n) is 3.51. The summed E-state index contributed by atoms with van der Waals surface area (Å²) in [6, 6.07) is 4.43. The van der Waals surface area contributed by atoms with Gasteiger partial charge in [-0.25, -0.2) is 0 Å². The van der Waals surface area contributed by atoms with Gasteiger partial charge in [0.25, 0.3) is 0 Å². The van der Waals surface area contributed by atoms with Crippen molar-refractivity contribution in [3.8, 4) is 0 Å². The first-order valence-electron chi connectivity index (χ1n) is 6.13. The van der Waals surface area contributed by atoms with Crippen molar-refractivity contribution in [2.75, 3.05) is 13.7 Å². The van der Waals surface area contributed by atoms with Crippen LogP contribution < -0.4 is 5.32 Å². The molecule has 1 aliphatic rings. The molecule has 2 heterocycles. The highest BCUT2D eigenvalue weighted by Crippen LogP contribution is 2.33. The molecule has 0 spiro atoms. The molecule has 1 aliphatic heterocycles. The molecule has 3 heteroatoms. The van der Waals surface area contributed by atoms with Gasteiger partial charge in [-0.15, -0.1) is 0 Å². The number of furan rings is 1. The van der Waals surface area contributed by atoms with Crippen molar-refractivity contribution in [1.29, 1.82) is 0 Å². The number of nitrogens with one attached hydrogen (secondary N) is 1. The second-order valence-corrected chi connectivity index (χ2v) is 4.45. The zero-order valence-corrected chi connectivity index (χ0v) is 10.3. The summed E-state index contributed by atoms with van der Waals surface area (Å²) in [5, 5.41) is 3.35. The van der Waals surface area contributed by atoms with Gasteiger partial charge in [0.1, 0.15) is 11.5 Å². The van der Waals surface area contributed by atoms with Crippen LogP contribution in [0.1, 0.15) is 37.8 Å². The van der Waals surface area contributed by atoms with E-state index in [0.717, 1.165) is 31.0 Å². The minimum atomic E-state index is 0.276. The molecule has 0 bridgehead atoms. The van der Waals surface area contributed by atoms with E-state index in [-0.39, 0.29) is 6.04 Å². The second-order valence-electron chi connectivity index (χ2n) is 4.45. The second kappa shape index (κ2) is 5.02. The fourth-order valence-corrected chi connectivity index (χ4v) is 2.51. The summed E-state index contributed by atoms with van der Waals surface area (Å²) in [5.74, 6) is 2.62. The Labute approximate surface area is 97.2 Å². The topological polar surface area (TPSA) is 34.4 Å². The van der Waals surface area contributed by atoms with Gasteiger partial charge in [0, 0.05) is 18.9 Å². The van der Waals surface area contributed by atoms with Gasteiger partial charge in [0.2, 0.25) is 0 Å². The van der Waals surface area contributed by atoms with Crippen LogP contribution in [0.25, 0.3) is 0 Å². The molecule has 90 valence electrons. The van der Waals surface area contributed by atoms with Crippen molar-refractivity contribution in [2.24, 2.45) is 5.92 Å². The lowest BCUT2D eigenvalue weighted by Crippen LogP contribution is -2.29. The predicted molar refractivity (Wildman–Crippen MR) is 63.4 cm³/mol. The fourth-order valence-electron chi connectivity index (χ4n) is 2.51. The summed E-state index contributed by atoms with van der Waals surface area (Å²) in [6.07, 6.45) is 2.37. The third-order valence-corrected chi connectivity index (χ3v) is 3.51. The van der Waals surface area contributed by atoms with Gasteiger partial charge in [0.05, 0.1) is 12.1 Å². The zero-order valence-electron chi connectivity index (χ0n) is 10.3. The average molecular weight is 223 g/mol. The Kier molecular flexibility index (Phi) is 3.66. The van der Waals surface area contributed by atoms with Crippen LogP contribution in [0.4, 0.5) is 0 Å². The van der Waals surface area contributed by atoms with Gasteiger partial charge in [-0.05, 0) is 32.5 Å². The average Bonchev–Trinajstić information content (AvgIpc) is 2.90. The van der Waals surface area contributed by atoms with Gasteiger partial charge in [-0.3, -0.25) is 0 Å². The maximum Gasteiger partial charge on any atom is 0.121 e. The van der Waals surface area contributed by atoms with Crippen LogP contribution in [-0.2, 0) is 11.2 Å². The summed E-state index contributed by atoms with van der Waals surface area (Å²) in [6.45, 7) is 5.12. The molecule has 0 aliphatic carbocycles. The molecule has 1 fully saturated rings. The zero-order chi connectivity index (χ0) is 11.5. The Hall–Kier alpha value is -0.800. The minimum absolute atomic E-state index is 0.276. The maximum atomic E-state index is 5.83. The number of hydrogen-bond donors (Lipinski definition) is 1. The summed E-state index contributed by atoms with van der Waals surface area (Å²) in [4.78, 5) is 0. The lowest BCUT2D eigenvalue weighted by molar-refractivity contribution is 0.0934. The first-order chi connectivity index (χ1) is 7.76. The van der Waals surface area contributed by atoms with Gasteiger partial charge < -0.3 is 14.5 Å². The van der Waals surface area contributed by atoms with Crippen LogP contribution in [0.2, 0.25) is 0 Å². The van der Waals surface area contributed by atoms with Crippen molar-refractivity contribution >= 4 is 0 Å². The van der Waals surface area contributed by atoms with Crippen LogP contribution in [0, 0.1) is 5.92 Å². The van der Waals surface area contributed by atoms with E-state index in [9.17, 15) is 0 Å². The molecule has 0 saturated carbocycles. The third kappa shape index (κ3) is 2.15. The standard InChI is InChI=1S/C13H21NO2/c1-4-10-5-6-12(16-10)13(14-3)11-7-8-15-9(11)2/h5-6,9,11,13-14H,4,7-8H2,1-3H3. The smallest absolute Gasteiger partial charge is 0.121 e. The largest absolute Gasteiger partial charge is 0.464 e. The van der Waals surface area contributed by atoms with E-state index in [1.165, 1.54) is 0 Å². The maximum absolute atomic E-state index is 5.83. The Morgan fingerprint density at radius 3 is 2.81 bits per heavy atom. The van der Waals surface area contributed by atoms with E-state index in [2.05, 4.69) is 31.3 Å². The molecule has 3 nitrogen and oxygen atoms in total. The number of hydrogen-bond acceptors (Lipinski definition) is 3. The quantitative estimate of drug-likeness (QED) is 0.851. The Morgan fingerprint density at radius 2 is 2.31 bits per heavy atom. The Balaban J connectivity index is 2.15. The SMILES string of the molecule is CCc1ccc(C(NC)C2CCOC2C)o1. The van der Waals surface area contributed by atoms with Crippen molar-refractivity contribution < 1.29 is 9.15 Å². The lowest BCUT2D eigenvalue weighted by atomic mass is 9.92. The number of rotatable bonds is 4. The van der Waals surface area contributed by atoms with E-state index in [4.69, 9.17) is 9.15 Å². The molecule has 1 aromatic heterocycles.